The minimum Gasteiger partial charge on any atom is -0.302 e. The first-order valence-electron chi connectivity index (χ1n) is 8.04. The van der Waals surface area contributed by atoms with Gasteiger partial charge in [-0.05, 0) is 23.6 Å². The maximum absolute atomic E-state index is 12.3. The molecule has 0 aliphatic carbocycles. The Morgan fingerprint density at radius 3 is 2.81 bits per heavy atom. The van der Waals surface area contributed by atoms with Crippen LogP contribution < -0.4 is 10.9 Å². The Kier molecular flexibility index (Phi) is 5.02. The number of hydrogen-bond acceptors (Lipinski definition) is 6. The number of benzene rings is 1. The predicted molar refractivity (Wildman–Crippen MR) is 110 cm³/mol. The van der Waals surface area contributed by atoms with Gasteiger partial charge < -0.3 is 5.32 Å². The number of nitrogens with one attached hydrogen (secondary N) is 1. The molecule has 0 saturated heterocycles. The van der Waals surface area contributed by atoms with Crippen molar-refractivity contribution in [3.63, 3.8) is 0 Å². The monoisotopic (exact) mass is 416 g/mol. The second-order valence-corrected chi connectivity index (χ2v) is 7.91. The van der Waals surface area contributed by atoms with Crippen LogP contribution in [0.4, 0.5) is 5.13 Å². The maximum Gasteiger partial charge on any atom is 0.262 e. The summed E-state index contributed by atoms with van der Waals surface area (Å²) in [6, 6.07) is 9.10. The van der Waals surface area contributed by atoms with E-state index in [1.54, 1.807) is 18.2 Å². The van der Waals surface area contributed by atoms with E-state index in [2.05, 4.69) is 15.3 Å². The maximum atomic E-state index is 12.3. The van der Waals surface area contributed by atoms with E-state index in [9.17, 15) is 9.59 Å². The van der Waals surface area contributed by atoms with Gasteiger partial charge in [0, 0.05) is 28.9 Å². The van der Waals surface area contributed by atoms with Crippen molar-refractivity contribution in [2.24, 2.45) is 0 Å². The number of halogens is 1. The lowest BCUT2D eigenvalue weighted by molar-refractivity contribution is -0.116. The van der Waals surface area contributed by atoms with Crippen molar-refractivity contribution >= 4 is 55.5 Å². The molecule has 0 bridgehead atoms. The summed E-state index contributed by atoms with van der Waals surface area (Å²) in [6.45, 7) is 0.263. The number of aromatic nitrogens is 3. The van der Waals surface area contributed by atoms with E-state index in [4.69, 9.17) is 11.6 Å². The van der Waals surface area contributed by atoms with Crippen molar-refractivity contribution in [2.75, 3.05) is 5.32 Å². The van der Waals surface area contributed by atoms with E-state index in [1.807, 2.05) is 22.9 Å². The van der Waals surface area contributed by atoms with E-state index in [1.165, 1.54) is 33.6 Å². The standard InChI is InChI=1S/C18H13ClN4O2S2/c19-12-3-1-11(2-4-12)14-9-27-18(21-14)22-15(24)5-7-23-10-20-16-13(17(23)25)6-8-26-16/h1-4,6,8-10H,5,7H2,(H,21,22,24). The third-order valence-electron chi connectivity index (χ3n) is 3.92. The average molecular weight is 417 g/mol. The Bertz CT molecular complexity index is 1160. The molecule has 1 aromatic carbocycles. The van der Waals surface area contributed by atoms with Crippen molar-refractivity contribution in [1.82, 2.24) is 14.5 Å². The van der Waals surface area contributed by atoms with Gasteiger partial charge in [-0.2, -0.15) is 0 Å². The first-order chi connectivity index (χ1) is 13.1. The summed E-state index contributed by atoms with van der Waals surface area (Å²) in [5.41, 5.74) is 1.57. The highest BCUT2D eigenvalue weighted by molar-refractivity contribution is 7.16. The number of thiophene rings is 1. The number of thiazole rings is 1. The molecule has 3 heterocycles. The van der Waals surface area contributed by atoms with Gasteiger partial charge in [0.15, 0.2) is 5.13 Å². The quantitative estimate of drug-likeness (QED) is 0.527. The molecule has 6 nitrogen and oxygen atoms in total. The zero-order valence-electron chi connectivity index (χ0n) is 13.9. The lowest BCUT2D eigenvalue weighted by atomic mass is 10.2. The van der Waals surface area contributed by atoms with Crippen molar-refractivity contribution in [3.8, 4) is 11.3 Å². The van der Waals surface area contributed by atoms with Gasteiger partial charge in [0.2, 0.25) is 5.91 Å². The summed E-state index contributed by atoms with van der Waals surface area (Å²) in [5, 5.41) is 8.23. The third kappa shape index (κ3) is 3.92. The van der Waals surface area contributed by atoms with Crippen LogP contribution in [0.25, 0.3) is 21.5 Å². The van der Waals surface area contributed by atoms with Crippen LogP contribution in [0.15, 0.2) is 52.2 Å². The summed E-state index contributed by atoms with van der Waals surface area (Å²) in [5.74, 6) is -0.204. The van der Waals surface area contributed by atoms with Crippen LogP contribution in [0.5, 0.6) is 0 Å². The fourth-order valence-corrected chi connectivity index (χ4v) is 4.13. The predicted octanol–water partition coefficient (Wildman–Crippen LogP) is 4.26. The molecule has 27 heavy (non-hydrogen) atoms. The van der Waals surface area contributed by atoms with Crippen LogP contribution >= 0.6 is 34.3 Å². The number of carbonyl (C=O) groups excluding carboxylic acids is 1. The second kappa shape index (κ2) is 7.59. The molecule has 0 aliphatic heterocycles. The van der Waals surface area contributed by atoms with Crippen LogP contribution in [0.3, 0.4) is 0 Å². The topological polar surface area (TPSA) is 76.9 Å². The largest absolute Gasteiger partial charge is 0.302 e. The van der Waals surface area contributed by atoms with Gasteiger partial charge in [-0.15, -0.1) is 22.7 Å². The number of amides is 1. The molecule has 0 saturated carbocycles. The van der Waals surface area contributed by atoms with Crippen LogP contribution in [-0.2, 0) is 11.3 Å². The van der Waals surface area contributed by atoms with Crippen LogP contribution in [0, 0.1) is 0 Å². The lowest BCUT2D eigenvalue weighted by Crippen LogP contribution is -2.23. The molecule has 0 unspecified atom stereocenters. The van der Waals surface area contributed by atoms with Gasteiger partial charge in [0.1, 0.15) is 4.83 Å². The molecule has 3 aromatic heterocycles. The van der Waals surface area contributed by atoms with E-state index in [-0.39, 0.29) is 24.4 Å². The molecule has 136 valence electrons. The highest BCUT2D eigenvalue weighted by atomic mass is 35.5. The van der Waals surface area contributed by atoms with E-state index in [0.29, 0.717) is 20.4 Å². The van der Waals surface area contributed by atoms with Crippen LogP contribution in [-0.4, -0.2) is 20.4 Å². The average Bonchev–Trinajstić information content (AvgIpc) is 3.31. The number of carbonyl (C=O) groups is 1. The Morgan fingerprint density at radius 1 is 1.19 bits per heavy atom. The first kappa shape index (κ1) is 17.8. The molecule has 9 heteroatoms. The molecule has 4 rings (SSSR count). The molecule has 0 atom stereocenters. The fraction of sp³-hybridized carbons (Fsp3) is 0.111. The normalized spacial score (nSPS) is 11.0. The van der Waals surface area contributed by atoms with Crippen LogP contribution in [0.1, 0.15) is 6.42 Å². The van der Waals surface area contributed by atoms with E-state index in [0.717, 1.165) is 11.3 Å². The van der Waals surface area contributed by atoms with Crippen LogP contribution in [0.2, 0.25) is 5.02 Å². The van der Waals surface area contributed by atoms with Crippen molar-refractivity contribution in [1.29, 1.82) is 0 Å². The minimum absolute atomic E-state index is 0.131. The number of aryl methyl sites for hydroxylation is 1. The number of anilines is 1. The number of rotatable bonds is 5. The zero-order valence-corrected chi connectivity index (χ0v) is 16.3. The lowest BCUT2D eigenvalue weighted by Gasteiger charge is -2.05. The molecule has 0 fully saturated rings. The molecule has 1 N–H and O–H groups in total. The Morgan fingerprint density at radius 2 is 2.00 bits per heavy atom. The highest BCUT2D eigenvalue weighted by Crippen LogP contribution is 2.26. The summed E-state index contributed by atoms with van der Waals surface area (Å²) in [6.07, 6.45) is 1.64. The molecule has 0 aliphatic rings. The van der Waals surface area contributed by atoms with Gasteiger partial charge in [-0.25, -0.2) is 9.97 Å². The molecule has 4 aromatic rings. The van der Waals surface area contributed by atoms with Gasteiger partial charge in [0.05, 0.1) is 17.4 Å². The first-order valence-corrected chi connectivity index (χ1v) is 10.2. The highest BCUT2D eigenvalue weighted by Gasteiger charge is 2.10. The Hall–Kier alpha value is -2.55. The van der Waals surface area contributed by atoms with Gasteiger partial charge in [0.25, 0.3) is 5.56 Å². The van der Waals surface area contributed by atoms with E-state index >= 15 is 0 Å². The zero-order chi connectivity index (χ0) is 18.8. The van der Waals surface area contributed by atoms with Gasteiger partial charge >= 0.3 is 0 Å². The molecule has 0 radical (unpaired) electrons. The Labute approximate surface area is 167 Å². The van der Waals surface area contributed by atoms with Gasteiger partial charge in [-0.1, -0.05) is 23.7 Å². The third-order valence-corrected chi connectivity index (χ3v) is 5.75. The number of fused-ring (bicyclic) bond motifs is 1. The summed E-state index contributed by atoms with van der Waals surface area (Å²) in [4.78, 5) is 33.9. The fourth-order valence-electron chi connectivity index (χ4n) is 2.54. The number of nitrogens with zero attached hydrogens (tertiary/aromatic N) is 3. The summed E-state index contributed by atoms with van der Waals surface area (Å²) >= 11 is 8.66. The van der Waals surface area contributed by atoms with Crippen molar-refractivity contribution < 1.29 is 4.79 Å². The Balaban J connectivity index is 1.40. The minimum atomic E-state index is -0.204. The molecular formula is C18H13ClN4O2S2. The molecule has 0 spiro atoms. The SMILES string of the molecule is O=C(CCn1cnc2sccc2c1=O)Nc1nc(-c2ccc(Cl)cc2)cs1. The number of hydrogen-bond donors (Lipinski definition) is 1. The second-order valence-electron chi connectivity index (χ2n) is 5.73. The van der Waals surface area contributed by atoms with Gasteiger partial charge in [-0.3, -0.25) is 14.2 Å². The van der Waals surface area contributed by atoms with Crippen molar-refractivity contribution in [3.05, 3.63) is 62.8 Å². The summed E-state index contributed by atoms with van der Waals surface area (Å²) in [7, 11) is 0. The molecule has 1 amide bonds. The van der Waals surface area contributed by atoms with Crippen molar-refractivity contribution in [2.45, 2.75) is 13.0 Å². The van der Waals surface area contributed by atoms with E-state index < -0.39 is 0 Å². The summed E-state index contributed by atoms with van der Waals surface area (Å²) < 4.78 is 1.45. The smallest absolute Gasteiger partial charge is 0.262 e. The molecular weight excluding hydrogens is 404 g/mol.